The maximum Gasteiger partial charge on any atom is 0.239 e. The van der Waals surface area contributed by atoms with Gasteiger partial charge in [-0.05, 0) is 19.4 Å². The van der Waals surface area contributed by atoms with E-state index in [0.29, 0.717) is 18.8 Å². The maximum atomic E-state index is 12.1. The van der Waals surface area contributed by atoms with Crippen molar-refractivity contribution in [3.8, 4) is 0 Å². The number of carbonyl (C=O) groups excluding carboxylic acids is 1. The van der Waals surface area contributed by atoms with E-state index in [4.69, 9.17) is 0 Å². The molecule has 1 aromatic rings. The van der Waals surface area contributed by atoms with Gasteiger partial charge in [-0.25, -0.2) is 0 Å². The van der Waals surface area contributed by atoms with Gasteiger partial charge in [0.1, 0.15) is 0 Å². The van der Waals surface area contributed by atoms with Gasteiger partial charge >= 0.3 is 0 Å². The van der Waals surface area contributed by atoms with E-state index in [0.717, 1.165) is 25.9 Å². The fourth-order valence-electron chi connectivity index (χ4n) is 2.14. The van der Waals surface area contributed by atoms with E-state index >= 15 is 0 Å². The SMILES string of the molecule is CCNC1CCCN(CCc2ncon2)C1=O. The molecule has 0 bridgehead atoms. The van der Waals surface area contributed by atoms with E-state index in [1.807, 2.05) is 11.8 Å². The molecular weight excluding hydrogens is 220 g/mol. The second kappa shape index (κ2) is 5.77. The fraction of sp³-hybridized carbons (Fsp3) is 0.727. The van der Waals surface area contributed by atoms with Crippen LogP contribution in [0.4, 0.5) is 0 Å². The standard InChI is InChI=1S/C11H18N4O2/c1-2-12-9-4-3-6-15(11(9)16)7-5-10-13-8-17-14-10/h8-9,12H,2-7H2,1H3. The quantitative estimate of drug-likeness (QED) is 0.794. The summed E-state index contributed by atoms with van der Waals surface area (Å²) in [5, 5.41) is 6.96. The Morgan fingerprint density at radius 1 is 1.65 bits per heavy atom. The van der Waals surface area contributed by atoms with Crippen molar-refractivity contribution < 1.29 is 9.32 Å². The van der Waals surface area contributed by atoms with E-state index in [1.165, 1.54) is 6.39 Å². The Labute approximate surface area is 100 Å². The topological polar surface area (TPSA) is 71.3 Å². The molecule has 1 amide bonds. The lowest BCUT2D eigenvalue weighted by atomic mass is 10.0. The van der Waals surface area contributed by atoms with Crippen LogP contribution in [0.15, 0.2) is 10.9 Å². The number of piperidine rings is 1. The normalized spacial score (nSPS) is 20.9. The second-order valence-corrected chi connectivity index (χ2v) is 4.18. The molecule has 94 valence electrons. The van der Waals surface area contributed by atoms with Crippen LogP contribution in [0.25, 0.3) is 0 Å². The Hall–Kier alpha value is -1.43. The minimum Gasteiger partial charge on any atom is -0.343 e. The van der Waals surface area contributed by atoms with Crippen molar-refractivity contribution >= 4 is 5.91 Å². The van der Waals surface area contributed by atoms with Gasteiger partial charge in [0, 0.05) is 19.5 Å². The number of aromatic nitrogens is 2. The molecule has 17 heavy (non-hydrogen) atoms. The molecule has 1 aliphatic rings. The van der Waals surface area contributed by atoms with Crippen molar-refractivity contribution in [1.29, 1.82) is 0 Å². The molecule has 6 nitrogen and oxygen atoms in total. The molecule has 1 fully saturated rings. The highest BCUT2D eigenvalue weighted by molar-refractivity contribution is 5.82. The van der Waals surface area contributed by atoms with E-state index in [-0.39, 0.29) is 11.9 Å². The van der Waals surface area contributed by atoms with Gasteiger partial charge in [0.25, 0.3) is 0 Å². The zero-order valence-electron chi connectivity index (χ0n) is 10.1. The molecule has 2 heterocycles. The van der Waals surface area contributed by atoms with Gasteiger partial charge in [0.05, 0.1) is 6.04 Å². The third-order valence-corrected chi connectivity index (χ3v) is 2.99. The molecule has 0 radical (unpaired) electrons. The lowest BCUT2D eigenvalue weighted by Gasteiger charge is -2.32. The maximum absolute atomic E-state index is 12.1. The molecule has 0 aliphatic carbocycles. The summed E-state index contributed by atoms with van der Waals surface area (Å²) >= 11 is 0. The first-order chi connectivity index (χ1) is 8.31. The van der Waals surface area contributed by atoms with Crippen molar-refractivity contribution in [1.82, 2.24) is 20.4 Å². The minimum atomic E-state index is -0.0148. The first-order valence-corrected chi connectivity index (χ1v) is 6.08. The molecule has 2 rings (SSSR count). The number of carbonyl (C=O) groups is 1. The average Bonchev–Trinajstić information content (AvgIpc) is 2.83. The number of nitrogens with one attached hydrogen (secondary N) is 1. The van der Waals surface area contributed by atoms with Crippen LogP contribution in [0, 0.1) is 0 Å². The van der Waals surface area contributed by atoms with Crippen LogP contribution < -0.4 is 5.32 Å². The molecule has 6 heteroatoms. The van der Waals surface area contributed by atoms with E-state index in [2.05, 4.69) is 20.0 Å². The van der Waals surface area contributed by atoms with Gasteiger partial charge in [-0.2, -0.15) is 4.98 Å². The Morgan fingerprint density at radius 3 is 3.24 bits per heavy atom. The molecule has 0 saturated carbocycles. The van der Waals surface area contributed by atoms with Gasteiger partial charge in [-0.15, -0.1) is 0 Å². The Kier molecular flexibility index (Phi) is 4.08. The Balaban J connectivity index is 1.85. The van der Waals surface area contributed by atoms with Crippen molar-refractivity contribution in [2.75, 3.05) is 19.6 Å². The van der Waals surface area contributed by atoms with Crippen LogP contribution in [-0.4, -0.2) is 46.6 Å². The largest absolute Gasteiger partial charge is 0.343 e. The fourth-order valence-corrected chi connectivity index (χ4v) is 2.14. The lowest BCUT2D eigenvalue weighted by Crippen LogP contribution is -2.51. The van der Waals surface area contributed by atoms with E-state index < -0.39 is 0 Å². The summed E-state index contributed by atoms with van der Waals surface area (Å²) in [6.45, 7) is 4.35. The van der Waals surface area contributed by atoms with E-state index in [1.54, 1.807) is 0 Å². The number of amides is 1. The molecule has 1 aromatic heterocycles. The number of nitrogens with zero attached hydrogens (tertiary/aromatic N) is 3. The van der Waals surface area contributed by atoms with Gasteiger partial charge in [-0.1, -0.05) is 12.1 Å². The summed E-state index contributed by atoms with van der Waals surface area (Å²) in [5.41, 5.74) is 0. The number of likely N-dealkylation sites (tertiary alicyclic amines) is 1. The van der Waals surface area contributed by atoms with Gasteiger partial charge in [0.15, 0.2) is 5.82 Å². The van der Waals surface area contributed by atoms with Crippen LogP contribution in [0.2, 0.25) is 0 Å². The minimum absolute atomic E-state index is 0.0148. The molecule has 1 saturated heterocycles. The van der Waals surface area contributed by atoms with Crippen LogP contribution in [-0.2, 0) is 11.2 Å². The third-order valence-electron chi connectivity index (χ3n) is 2.99. The highest BCUT2D eigenvalue weighted by atomic mass is 16.5. The summed E-state index contributed by atoms with van der Waals surface area (Å²) in [6.07, 6.45) is 3.96. The zero-order valence-corrected chi connectivity index (χ0v) is 10.1. The predicted octanol–water partition coefficient (Wildman–Crippen LogP) is 0.213. The van der Waals surface area contributed by atoms with Gasteiger partial charge in [0.2, 0.25) is 12.3 Å². The number of rotatable bonds is 5. The van der Waals surface area contributed by atoms with Crippen molar-refractivity contribution in [2.45, 2.75) is 32.2 Å². The molecular formula is C11H18N4O2. The van der Waals surface area contributed by atoms with Crippen molar-refractivity contribution in [3.63, 3.8) is 0 Å². The zero-order chi connectivity index (χ0) is 12.1. The lowest BCUT2D eigenvalue weighted by molar-refractivity contribution is -0.135. The van der Waals surface area contributed by atoms with Crippen LogP contribution in [0.3, 0.4) is 0 Å². The van der Waals surface area contributed by atoms with Crippen LogP contribution in [0.1, 0.15) is 25.6 Å². The predicted molar refractivity (Wildman–Crippen MR) is 61.3 cm³/mol. The summed E-state index contributed by atoms with van der Waals surface area (Å²) in [7, 11) is 0. The molecule has 1 atom stereocenters. The van der Waals surface area contributed by atoms with Crippen LogP contribution >= 0.6 is 0 Å². The molecule has 0 spiro atoms. The summed E-state index contributed by atoms with van der Waals surface area (Å²) in [6, 6.07) is -0.0148. The Morgan fingerprint density at radius 2 is 2.53 bits per heavy atom. The molecule has 1 unspecified atom stereocenters. The molecule has 0 aromatic carbocycles. The first kappa shape index (κ1) is 12.0. The van der Waals surface area contributed by atoms with E-state index in [9.17, 15) is 4.79 Å². The first-order valence-electron chi connectivity index (χ1n) is 6.08. The van der Waals surface area contributed by atoms with Crippen molar-refractivity contribution in [3.05, 3.63) is 12.2 Å². The third kappa shape index (κ3) is 3.03. The highest BCUT2D eigenvalue weighted by Crippen LogP contribution is 2.12. The number of likely N-dealkylation sites (N-methyl/N-ethyl adjacent to an activating group) is 1. The van der Waals surface area contributed by atoms with Gasteiger partial charge < -0.3 is 14.7 Å². The average molecular weight is 238 g/mol. The Bertz CT molecular complexity index is 350. The molecule has 1 N–H and O–H groups in total. The molecule has 1 aliphatic heterocycles. The summed E-state index contributed by atoms with van der Waals surface area (Å²) < 4.78 is 4.66. The van der Waals surface area contributed by atoms with Gasteiger partial charge in [-0.3, -0.25) is 4.79 Å². The monoisotopic (exact) mass is 238 g/mol. The number of hydrogen-bond acceptors (Lipinski definition) is 5. The number of hydrogen-bond donors (Lipinski definition) is 1. The highest BCUT2D eigenvalue weighted by Gasteiger charge is 2.27. The smallest absolute Gasteiger partial charge is 0.239 e. The summed E-state index contributed by atoms with van der Waals surface area (Å²) in [4.78, 5) is 17.9. The second-order valence-electron chi connectivity index (χ2n) is 4.18. The summed E-state index contributed by atoms with van der Waals surface area (Å²) in [5.74, 6) is 0.852. The van der Waals surface area contributed by atoms with Crippen molar-refractivity contribution in [2.24, 2.45) is 0 Å². The van der Waals surface area contributed by atoms with Crippen LogP contribution in [0.5, 0.6) is 0 Å².